The van der Waals surface area contributed by atoms with E-state index in [0.29, 0.717) is 37.5 Å². The quantitative estimate of drug-likeness (QED) is 0.333. The maximum Gasteiger partial charge on any atom is 0.248 e. The van der Waals surface area contributed by atoms with Crippen LogP contribution in [0.4, 0.5) is 23.5 Å². The summed E-state index contributed by atoms with van der Waals surface area (Å²) in [4.78, 5) is 35.2. The van der Waals surface area contributed by atoms with Crippen LogP contribution in [0.5, 0.6) is 0 Å². The largest absolute Gasteiger partial charge is 0.375 e. The smallest absolute Gasteiger partial charge is 0.248 e. The van der Waals surface area contributed by atoms with Crippen LogP contribution in [-0.4, -0.2) is 76.2 Å². The maximum atomic E-state index is 12.4. The Morgan fingerprint density at radius 1 is 1.11 bits per heavy atom. The molecule has 196 valence electrons. The summed E-state index contributed by atoms with van der Waals surface area (Å²) < 4.78 is 6.16. The predicted molar refractivity (Wildman–Crippen MR) is 149 cm³/mol. The lowest BCUT2D eigenvalue weighted by atomic mass is 10.0. The first-order valence-electron chi connectivity index (χ1n) is 12.8. The first-order valence-corrected chi connectivity index (χ1v) is 13.7. The third kappa shape index (κ3) is 4.99. The van der Waals surface area contributed by atoms with Crippen molar-refractivity contribution in [2.45, 2.75) is 31.3 Å². The van der Waals surface area contributed by atoms with Crippen molar-refractivity contribution in [3.05, 3.63) is 59.6 Å². The van der Waals surface area contributed by atoms with Gasteiger partial charge in [-0.05, 0) is 36.1 Å². The summed E-state index contributed by atoms with van der Waals surface area (Å²) in [5.41, 5.74) is 4.95. The number of nitrogens with one attached hydrogen (secondary N) is 2. The van der Waals surface area contributed by atoms with Crippen molar-refractivity contribution in [2.24, 2.45) is 0 Å². The lowest BCUT2D eigenvalue weighted by Gasteiger charge is -2.34. The number of nitrogens with zero attached hydrogens (tertiary/aromatic N) is 6. The summed E-state index contributed by atoms with van der Waals surface area (Å²) in [7, 11) is 1.55. The minimum Gasteiger partial charge on any atom is -0.375 e. The van der Waals surface area contributed by atoms with Gasteiger partial charge in [0.2, 0.25) is 23.8 Å². The summed E-state index contributed by atoms with van der Waals surface area (Å²) >= 11 is 1.60. The van der Waals surface area contributed by atoms with Gasteiger partial charge in [-0.2, -0.15) is 15.0 Å². The van der Waals surface area contributed by atoms with E-state index in [1.165, 1.54) is 5.56 Å². The molecule has 4 heterocycles. The molecule has 2 aliphatic heterocycles. The SMILES string of the molecule is COCC(=O)N1CC2CC1CN2c1nc(NCC(C)c2ccccc2)nc(Nc2ccc3ncsc3c2)n1. The molecule has 38 heavy (non-hydrogen) atoms. The minimum atomic E-state index is 0.0355. The molecule has 2 aromatic heterocycles. The lowest BCUT2D eigenvalue weighted by Crippen LogP contribution is -2.50. The van der Waals surface area contributed by atoms with Crippen molar-refractivity contribution < 1.29 is 9.53 Å². The highest BCUT2D eigenvalue weighted by molar-refractivity contribution is 7.16. The molecule has 3 atom stereocenters. The van der Waals surface area contributed by atoms with Crippen LogP contribution >= 0.6 is 11.3 Å². The summed E-state index contributed by atoms with van der Waals surface area (Å²) in [5, 5.41) is 6.79. The van der Waals surface area contributed by atoms with Crippen molar-refractivity contribution in [2.75, 3.05) is 48.9 Å². The van der Waals surface area contributed by atoms with Gasteiger partial charge in [-0.1, -0.05) is 37.3 Å². The van der Waals surface area contributed by atoms with Crippen molar-refractivity contribution in [3.8, 4) is 0 Å². The number of amides is 1. The number of fused-ring (bicyclic) bond motifs is 3. The molecule has 2 N–H and O–H groups in total. The lowest BCUT2D eigenvalue weighted by molar-refractivity contribution is -0.136. The number of methoxy groups -OCH3 is 1. The van der Waals surface area contributed by atoms with Gasteiger partial charge < -0.3 is 25.2 Å². The van der Waals surface area contributed by atoms with E-state index in [9.17, 15) is 4.79 Å². The second-order valence-corrected chi connectivity index (χ2v) is 10.7. The fraction of sp³-hybridized carbons (Fsp3) is 0.370. The fourth-order valence-electron chi connectivity index (χ4n) is 5.26. The number of rotatable bonds is 9. The zero-order chi connectivity index (χ0) is 26.1. The van der Waals surface area contributed by atoms with Crippen LogP contribution in [-0.2, 0) is 9.53 Å². The molecule has 3 unspecified atom stereocenters. The third-order valence-corrected chi connectivity index (χ3v) is 8.02. The number of hydrogen-bond donors (Lipinski definition) is 2. The molecular weight excluding hydrogens is 500 g/mol. The van der Waals surface area contributed by atoms with Gasteiger partial charge in [0.1, 0.15) is 6.61 Å². The Morgan fingerprint density at radius 2 is 1.95 bits per heavy atom. The number of likely N-dealkylation sites (tertiary alicyclic amines) is 1. The summed E-state index contributed by atoms with van der Waals surface area (Å²) in [6, 6.07) is 16.7. The van der Waals surface area contributed by atoms with E-state index in [0.717, 1.165) is 22.3 Å². The minimum absolute atomic E-state index is 0.0355. The van der Waals surface area contributed by atoms with Crippen molar-refractivity contribution in [1.82, 2.24) is 24.8 Å². The Morgan fingerprint density at radius 3 is 2.74 bits per heavy atom. The highest BCUT2D eigenvalue weighted by Crippen LogP contribution is 2.34. The molecule has 11 heteroatoms. The van der Waals surface area contributed by atoms with Crippen LogP contribution < -0.4 is 15.5 Å². The van der Waals surface area contributed by atoms with E-state index in [1.807, 2.05) is 28.6 Å². The van der Waals surface area contributed by atoms with Crippen LogP contribution in [0.15, 0.2) is 54.0 Å². The molecule has 2 saturated heterocycles. The Hall–Kier alpha value is -3.83. The van der Waals surface area contributed by atoms with E-state index in [-0.39, 0.29) is 30.5 Å². The molecule has 0 saturated carbocycles. The Balaban J connectivity index is 1.24. The Kier molecular flexibility index (Phi) is 6.77. The van der Waals surface area contributed by atoms with Gasteiger partial charge in [-0.3, -0.25) is 4.79 Å². The van der Waals surface area contributed by atoms with Gasteiger partial charge in [-0.15, -0.1) is 11.3 Å². The molecular formula is C27H30N8O2S. The second-order valence-electron chi connectivity index (χ2n) is 9.81. The second kappa shape index (κ2) is 10.5. The molecule has 10 nitrogen and oxygen atoms in total. The summed E-state index contributed by atoms with van der Waals surface area (Å²) in [5.74, 6) is 1.93. The highest BCUT2D eigenvalue weighted by atomic mass is 32.1. The van der Waals surface area contributed by atoms with Gasteiger partial charge >= 0.3 is 0 Å². The fourth-order valence-corrected chi connectivity index (χ4v) is 5.97. The molecule has 2 aromatic carbocycles. The standard InChI is InChI=1S/C27H30N8O2S/c1-17(18-6-4-3-5-7-18)12-28-25-31-26(30-19-8-9-22-23(10-19)38-16-29-22)33-27(32-25)35-14-20-11-21(35)13-34(20)24(36)15-37-2/h3-10,16-17,20-21H,11-15H2,1-2H3,(H2,28,30,31,32,33). The number of ether oxygens (including phenoxy) is 1. The number of hydrogen-bond acceptors (Lipinski definition) is 10. The predicted octanol–water partition coefficient (Wildman–Crippen LogP) is 3.88. The van der Waals surface area contributed by atoms with E-state index >= 15 is 0 Å². The maximum absolute atomic E-state index is 12.4. The molecule has 2 aliphatic rings. The molecule has 0 spiro atoms. The van der Waals surface area contributed by atoms with Gasteiger partial charge in [0.15, 0.2) is 0 Å². The summed E-state index contributed by atoms with van der Waals surface area (Å²) in [6.45, 7) is 4.32. The number of carbonyl (C=O) groups is 1. The van der Waals surface area contributed by atoms with E-state index in [2.05, 4.69) is 57.8 Å². The Labute approximate surface area is 225 Å². The van der Waals surface area contributed by atoms with E-state index in [4.69, 9.17) is 19.7 Å². The molecule has 0 aliphatic carbocycles. The molecule has 2 bridgehead atoms. The van der Waals surface area contributed by atoms with Crippen LogP contribution in [0.3, 0.4) is 0 Å². The van der Waals surface area contributed by atoms with E-state index < -0.39 is 0 Å². The topological polar surface area (TPSA) is 108 Å². The van der Waals surface area contributed by atoms with Gasteiger partial charge in [-0.25, -0.2) is 4.98 Å². The van der Waals surface area contributed by atoms with Crippen LogP contribution in [0.1, 0.15) is 24.8 Å². The zero-order valence-electron chi connectivity index (χ0n) is 21.4. The normalized spacial score (nSPS) is 19.2. The van der Waals surface area contributed by atoms with Crippen molar-refractivity contribution in [3.63, 3.8) is 0 Å². The van der Waals surface area contributed by atoms with E-state index in [1.54, 1.807) is 18.4 Å². The molecule has 4 aromatic rings. The number of carbonyl (C=O) groups excluding carboxylic acids is 1. The van der Waals surface area contributed by atoms with Gasteiger partial charge in [0, 0.05) is 32.4 Å². The molecule has 6 rings (SSSR count). The number of piperazine rings is 1. The van der Waals surface area contributed by atoms with Crippen molar-refractivity contribution in [1.29, 1.82) is 0 Å². The van der Waals surface area contributed by atoms with Crippen molar-refractivity contribution >= 4 is 51.0 Å². The van der Waals surface area contributed by atoms with Crippen LogP contribution in [0, 0.1) is 0 Å². The number of benzene rings is 2. The Bertz CT molecular complexity index is 1430. The van der Waals surface area contributed by atoms with Crippen LogP contribution in [0.25, 0.3) is 10.2 Å². The highest BCUT2D eigenvalue weighted by Gasteiger charge is 2.46. The zero-order valence-corrected chi connectivity index (χ0v) is 22.2. The number of anilines is 4. The molecule has 1 amide bonds. The average molecular weight is 531 g/mol. The molecule has 2 fully saturated rings. The van der Waals surface area contributed by atoms with Crippen LogP contribution in [0.2, 0.25) is 0 Å². The van der Waals surface area contributed by atoms with Gasteiger partial charge in [0.05, 0.1) is 27.8 Å². The number of aromatic nitrogens is 4. The molecule has 0 radical (unpaired) electrons. The summed E-state index contributed by atoms with van der Waals surface area (Å²) in [6.07, 6.45) is 0.903. The first-order chi connectivity index (χ1) is 18.6. The number of thiazole rings is 1. The monoisotopic (exact) mass is 530 g/mol. The third-order valence-electron chi connectivity index (χ3n) is 7.23. The first kappa shape index (κ1) is 24.5. The average Bonchev–Trinajstić information content (AvgIpc) is 3.68. The van der Waals surface area contributed by atoms with Gasteiger partial charge in [0.25, 0.3) is 0 Å².